The average Bonchev–Trinajstić information content (AvgIpc) is 2.39. The van der Waals surface area contributed by atoms with Crippen LogP contribution in [-0.2, 0) is 0 Å². The van der Waals surface area contributed by atoms with E-state index in [1.165, 1.54) is 0 Å². The van der Waals surface area contributed by atoms with E-state index < -0.39 is 0 Å². The first-order valence-electron chi connectivity index (χ1n) is 6.55. The third-order valence-corrected chi connectivity index (χ3v) is 2.64. The largest absolute Gasteiger partial charge is 0.494 e. The van der Waals surface area contributed by atoms with E-state index in [9.17, 15) is 4.79 Å². The molecular formula is C14H22N2O3. The van der Waals surface area contributed by atoms with Gasteiger partial charge in [-0.25, -0.2) is 4.79 Å². The number of hydrogen-bond acceptors (Lipinski definition) is 3. The highest BCUT2D eigenvalue weighted by Crippen LogP contribution is 2.18. The van der Waals surface area contributed by atoms with Crippen LogP contribution in [0.1, 0.15) is 31.9 Å². The van der Waals surface area contributed by atoms with Crippen molar-refractivity contribution in [3.63, 3.8) is 0 Å². The van der Waals surface area contributed by atoms with Gasteiger partial charge in [0.25, 0.3) is 0 Å². The number of aliphatic hydroxyl groups is 1. The summed E-state index contributed by atoms with van der Waals surface area (Å²) in [6.07, 6.45) is 0.557. The van der Waals surface area contributed by atoms with Gasteiger partial charge in [0.1, 0.15) is 5.75 Å². The molecule has 3 N–H and O–H groups in total. The van der Waals surface area contributed by atoms with Crippen LogP contribution in [0, 0.1) is 0 Å². The van der Waals surface area contributed by atoms with Crippen LogP contribution < -0.4 is 15.4 Å². The number of carbonyl (C=O) groups excluding carboxylic acids is 1. The Balaban J connectivity index is 2.50. The summed E-state index contributed by atoms with van der Waals surface area (Å²) in [6.45, 7) is 5.01. The molecule has 0 saturated carbocycles. The normalized spacial score (nSPS) is 11.7. The third kappa shape index (κ3) is 5.61. The summed E-state index contributed by atoms with van der Waals surface area (Å²) in [7, 11) is 0. The maximum absolute atomic E-state index is 11.6. The molecule has 0 aliphatic rings. The molecule has 0 aliphatic heterocycles. The molecule has 5 nitrogen and oxygen atoms in total. The van der Waals surface area contributed by atoms with Crippen LogP contribution in [0.25, 0.3) is 0 Å². The number of benzene rings is 1. The number of aliphatic hydroxyl groups excluding tert-OH is 1. The van der Waals surface area contributed by atoms with Gasteiger partial charge in [0.05, 0.1) is 12.6 Å². The van der Waals surface area contributed by atoms with Crippen LogP contribution in [0.15, 0.2) is 24.3 Å². The summed E-state index contributed by atoms with van der Waals surface area (Å²) >= 11 is 0. The van der Waals surface area contributed by atoms with Crippen molar-refractivity contribution in [1.29, 1.82) is 0 Å². The summed E-state index contributed by atoms with van der Waals surface area (Å²) in [5, 5.41) is 14.2. The maximum Gasteiger partial charge on any atom is 0.315 e. The van der Waals surface area contributed by atoms with Gasteiger partial charge >= 0.3 is 6.03 Å². The first-order valence-corrected chi connectivity index (χ1v) is 6.55. The molecule has 106 valence electrons. The molecule has 1 aromatic carbocycles. The number of hydrogen-bond donors (Lipinski definition) is 3. The van der Waals surface area contributed by atoms with Gasteiger partial charge < -0.3 is 20.5 Å². The zero-order valence-corrected chi connectivity index (χ0v) is 11.5. The molecule has 0 aliphatic carbocycles. The minimum atomic E-state index is -0.234. The molecule has 1 atom stereocenters. The second-order valence-electron chi connectivity index (χ2n) is 4.20. The minimum Gasteiger partial charge on any atom is -0.494 e. The van der Waals surface area contributed by atoms with Gasteiger partial charge in [0.15, 0.2) is 0 Å². The Labute approximate surface area is 114 Å². The number of ether oxygens (including phenoxy) is 1. The fourth-order valence-corrected chi connectivity index (χ4v) is 1.65. The monoisotopic (exact) mass is 266 g/mol. The summed E-state index contributed by atoms with van der Waals surface area (Å²) in [5.41, 5.74) is 0.989. The van der Waals surface area contributed by atoms with Gasteiger partial charge in [-0.15, -0.1) is 0 Å². The van der Waals surface area contributed by atoms with Crippen molar-refractivity contribution in [1.82, 2.24) is 10.6 Å². The lowest BCUT2D eigenvalue weighted by molar-refractivity contribution is 0.235. The molecule has 0 bridgehead atoms. The van der Waals surface area contributed by atoms with E-state index in [4.69, 9.17) is 9.84 Å². The van der Waals surface area contributed by atoms with Crippen LogP contribution in [0.4, 0.5) is 4.79 Å². The van der Waals surface area contributed by atoms with E-state index in [-0.39, 0.29) is 18.7 Å². The lowest BCUT2D eigenvalue weighted by Crippen LogP contribution is -2.37. The maximum atomic E-state index is 11.6. The quantitative estimate of drug-likeness (QED) is 0.659. The summed E-state index contributed by atoms with van der Waals surface area (Å²) in [5.74, 6) is 0.800. The molecule has 0 radical (unpaired) electrons. The van der Waals surface area contributed by atoms with Crippen LogP contribution in [-0.4, -0.2) is 30.9 Å². The molecule has 0 fully saturated rings. The predicted octanol–water partition coefficient (Wildman–Crippen LogP) is 1.83. The number of rotatable bonds is 7. The molecular weight excluding hydrogens is 244 g/mol. The number of carbonyl (C=O) groups is 1. The Morgan fingerprint density at radius 2 is 2.26 bits per heavy atom. The van der Waals surface area contributed by atoms with Crippen molar-refractivity contribution in [2.24, 2.45) is 0 Å². The van der Waals surface area contributed by atoms with Crippen molar-refractivity contribution in [3.8, 4) is 5.75 Å². The van der Waals surface area contributed by atoms with Crippen molar-refractivity contribution in [2.45, 2.75) is 26.3 Å². The molecule has 19 heavy (non-hydrogen) atoms. The van der Waals surface area contributed by atoms with Gasteiger partial charge in [-0.2, -0.15) is 0 Å². The molecule has 0 saturated heterocycles. The standard InChI is InChI=1S/C14H22N2O3/c1-3-19-13-7-4-6-12(10-13)11(2)16-14(18)15-8-5-9-17/h4,6-7,10-11,17H,3,5,8-9H2,1-2H3,(H2,15,16,18). The summed E-state index contributed by atoms with van der Waals surface area (Å²) < 4.78 is 5.42. The van der Waals surface area contributed by atoms with Crippen molar-refractivity contribution in [2.75, 3.05) is 19.8 Å². The lowest BCUT2D eigenvalue weighted by atomic mass is 10.1. The van der Waals surface area contributed by atoms with Gasteiger partial charge in [-0.3, -0.25) is 0 Å². The molecule has 0 heterocycles. The molecule has 0 aromatic heterocycles. The van der Waals surface area contributed by atoms with Gasteiger partial charge in [-0.05, 0) is 38.0 Å². The minimum absolute atomic E-state index is 0.0756. The van der Waals surface area contributed by atoms with E-state index >= 15 is 0 Å². The molecule has 2 amide bonds. The van der Waals surface area contributed by atoms with E-state index in [1.807, 2.05) is 38.1 Å². The molecule has 1 aromatic rings. The predicted molar refractivity (Wildman–Crippen MR) is 74.3 cm³/mol. The second kappa shape index (κ2) is 8.37. The van der Waals surface area contributed by atoms with Gasteiger partial charge in [-0.1, -0.05) is 12.1 Å². The molecule has 1 rings (SSSR count). The fraction of sp³-hybridized carbons (Fsp3) is 0.500. The highest BCUT2D eigenvalue weighted by Gasteiger charge is 2.09. The first-order chi connectivity index (χ1) is 9.17. The summed E-state index contributed by atoms with van der Waals surface area (Å²) in [6, 6.07) is 7.32. The Morgan fingerprint density at radius 3 is 2.95 bits per heavy atom. The van der Waals surface area contributed by atoms with E-state index in [0.29, 0.717) is 19.6 Å². The van der Waals surface area contributed by atoms with Gasteiger partial charge in [0, 0.05) is 13.2 Å². The Morgan fingerprint density at radius 1 is 1.47 bits per heavy atom. The molecule has 5 heteroatoms. The smallest absolute Gasteiger partial charge is 0.315 e. The van der Waals surface area contributed by atoms with Crippen molar-refractivity contribution in [3.05, 3.63) is 29.8 Å². The number of amides is 2. The zero-order chi connectivity index (χ0) is 14.1. The third-order valence-electron chi connectivity index (χ3n) is 2.64. The number of urea groups is 1. The van der Waals surface area contributed by atoms with Crippen molar-refractivity contribution < 1.29 is 14.6 Å². The fourth-order valence-electron chi connectivity index (χ4n) is 1.65. The molecule has 0 spiro atoms. The lowest BCUT2D eigenvalue weighted by Gasteiger charge is -2.16. The Bertz CT molecular complexity index is 396. The van der Waals surface area contributed by atoms with Crippen LogP contribution >= 0.6 is 0 Å². The number of nitrogens with one attached hydrogen (secondary N) is 2. The SMILES string of the molecule is CCOc1cccc(C(C)NC(=O)NCCCO)c1. The Hall–Kier alpha value is -1.75. The topological polar surface area (TPSA) is 70.6 Å². The van der Waals surface area contributed by atoms with E-state index in [0.717, 1.165) is 11.3 Å². The van der Waals surface area contributed by atoms with E-state index in [1.54, 1.807) is 0 Å². The van der Waals surface area contributed by atoms with Gasteiger partial charge in [0.2, 0.25) is 0 Å². The van der Waals surface area contributed by atoms with Crippen LogP contribution in [0.5, 0.6) is 5.75 Å². The second-order valence-corrected chi connectivity index (χ2v) is 4.20. The summed E-state index contributed by atoms with van der Waals surface area (Å²) in [4.78, 5) is 11.6. The van der Waals surface area contributed by atoms with E-state index in [2.05, 4.69) is 10.6 Å². The molecule has 1 unspecified atom stereocenters. The zero-order valence-electron chi connectivity index (χ0n) is 11.5. The highest BCUT2D eigenvalue weighted by molar-refractivity contribution is 5.74. The first kappa shape index (κ1) is 15.3. The van der Waals surface area contributed by atoms with Crippen LogP contribution in [0.2, 0.25) is 0 Å². The average molecular weight is 266 g/mol. The highest BCUT2D eigenvalue weighted by atomic mass is 16.5. The van der Waals surface area contributed by atoms with Crippen LogP contribution in [0.3, 0.4) is 0 Å². The van der Waals surface area contributed by atoms with Crippen molar-refractivity contribution >= 4 is 6.03 Å². The Kier molecular flexibility index (Phi) is 6.74.